The summed E-state index contributed by atoms with van der Waals surface area (Å²) in [6, 6.07) is -1.46. The first-order valence-corrected chi connectivity index (χ1v) is 16.1. The summed E-state index contributed by atoms with van der Waals surface area (Å²) in [5, 5.41) is 66.7. The maximum Gasteiger partial charge on any atom is 0.207 e. The number of carbonyl (C=O) groups excluding carboxylic acids is 1. The molecule has 0 radical (unpaired) electrons. The molecule has 0 aromatic rings. The van der Waals surface area contributed by atoms with Crippen LogP contribution in [0.5, 0.6) is 0 Å². The number of nitrogens with two attached hydrogens (primary N) is 5. The summed E-state index contributed by atoms with van der Waals surface area (Å²) >= 11 is 0. The van der Waals surface area contributed by atoms with Crippen LogP contribution in [0.3, 0.4) is 0 Å². The molecule has 18 N–H and O–H groups in total. The van der Waals surface area contributed by atoms with E-state index in [1.165, 1.54) is 6.92 Å². The number of aliphatic hydroxyl groups is 7. The van der Waals surface area contributed by atoms with Gasteiger partial charge in [0.05, 0.1) is 49.3 Å². The van der Waals surface area contributed by atoms with Gasteiger partial charge in [0.25, 0.3) is 0 Å². The molecular formula is C28H58N6O13. The van der Waals surface area contributed by atoms with Crippen molar-refractivity contribution in [2.45, 2.75) is 143 Å². The summed E-state index contributed by atoms with van der Waals surface area (Å²) in [7, 11) is 0. The Balaban J connectivity index is 0.000000331. The minimum Gasteiger partial charge on any atom is -0.394 e. The van der Waals surface area contributed by atoms with E-state index in [9.17, 15) is 25.2 Å². The zero-order valence-electron chi connectivity index (χ0n) is 26.9. The van der Waals surface area contributed by atoms with E-state index in [4.69, 9.17) is 67.7 Å². The standard InChI is InChI=1S/C18H33N3O7.C6H14N2O4.C4H11NO2/c19-7-15-13(24)2-4-17(27-15)28-18-12(20)5-10(21-9-23)6-14(18)26-16-3-1-11(8-22)25-16;7-1-2-4(9)5(10)3(8)6(11)12-2;1-3(6)4(7)2-5/h9-18,22,24H,1-8,19-20H2,(H,21,23);2-6,9-11H,1,7-8H2;3-4,6-7H,2,5H2,1H3/t10?,11?,12?,13-,14?,15?,16?,17+,18+;2-,3+,4+,5?,6-;/m00./s1. The highest BCUT2D eigenvalue weighted by Crippen LogP contribution is 2.31. The van der Waals surface area contributed by atoms with Crippen LogP contribution >= 0.6 is 0 Å². The van der Waals surface area contributed by atoms with E-state index in [-0.39, 0.29) is 44.4 Å². The first-order chi connectivity index (χ1) is 22.3. The highest BCUT2D eigenvalue weighted by Gasteiger charge is 2.43. The van der Waals surface area contributed by atoms with Crippen molar-refractivity contribution in [2.24, 2.45) is 28.7 Å². The predicted octanol–water partition coefficient (Wildman–Crippen LogP) is -6.29. The first-order valence-electron chi connectivity index (χ1n) is 16.1. The van der Waals surface area contributed by atoms with Crippen LogP contribution in [-0.4, -0.2) is 166 Å². The van der Waals surface area contributed by atoms with E-state index in [0.29, 0.717) is 38.5 Å². The maximum atomic E-state index is 10.9. The molecule has 278 valence electrons. The van der Waals surface area contributed by atoms with Gasteiger partial charge in [0, 0.05) is 44.6 Å². The molecule has 16 atom stereocenters. The van der Waals surface area contributed by atoms with Gasteiger partial charge in [0.15, 0.2) is 18.9 Å². The van der Waals surface area contributed by atoms with Crippen LogP contribution in [0.2, 0.25) is 0 Å². The second-order valence-electron chi connectivity index (χ2n) is 12.2. The van der Waals surface area contributed by atoms with Gasteiger partial charge in [-0.15, -0.1) is 0 Å². The third-order valence-corrected chi connectivity index (χ3v) is 8.56. The third kappa shape index (κ3) is 12.9. The molecule has 0 aromatic carbocycles. The molecule has 0 aromatic heterocycles. The van der Waals surface area contributed by atoms with Crippen molar-refractivity contribution >= 4 is 6.41 Å². The lowest BCUT2D eigenvalue weighted by Gasteiger charge is -2.43. The Morgan fingerprint density at radius 2 is 1.51 bits per heavy atom. The van der Waals surface area contributed by atoms with Crippen LogP contribution in [-0.2, 0) is 28.5 Å². The van der Waals surface area contributed by atoms with Gasteiger partial charge >= 0.3 is 0 Å². The van der Waals surface area contributed by atoms with Crippen molar-refractivity contribution < 1.29 is 64.2 Å². The molecule has 1 aliphatic carbocycles. The van der Waals surface area contributed by atoms with Crippen LogP contribution in [0.15, 0.2) is 0 Å². The van der Waals surface area contributed by atoms with Crippen molar-refractivity contribution in [2.75, 3.05) is 26.2 Å². The van der Waals surface area contributed by atoms with Gasteiger partial charge < -0.3 is 93.4 Å². The normalized spacial score (nSPS) is 41.8. The molecule has 47 heavy (non-hydrogen) atoms. The zero-order chi connectivity index (χ0) is 35.3. The number of nitrogens with one attached hydrogen (secondary N) is 1. The van der Waals surface area contributed by atoms with Gasteiger partial charge in [0.2, 0.25) is 6.41 Å². The van der Waals surface area contributed by atoms with Crippen LogP contribution in [0.1, 0.15) is 45.4 Å². The number of carbonyl (C=O) groups is 1. The summed E-state index contributed by atoms with van der Waals surface area (Å²) < 4.78 is 28.6. The SMILES string of the molecule is CC(O)C(O)CN.NCC1O[C@H](O[C@@H]2C(N)CC(NC=O)CC2OC2CCC(CO)O2)CC[C@@H]1O.NC[C@@H]1O[C@H](O)[C@H](N)C(O)[C@@H]1O. The average molecular weight is 687 g/mol. The van der Waals surface area contributed by atoms with E-state index < -0.39 is 79.8 Å². The van der Waals surface area contributed by atoms with E-state index in [1.807, 2.05) is 0 Å². The zero-order valence-corrected chi connectivity index (χ0v) is 26.9. The molecule has 19 nitrogen and oxygen atoms in total. The number of ether oxygens (including phenoxy) is 5. The molecule has 1 amide bonds. The Labute approximate surface area is 274 Å². The van der Waals surface area contributed by atoms with Gasteiger partial charge in [-0.1, -0.05) is 0 Å². The summed E-state index contributed by atoms with van der Waals surface area (Å²) in [5.74, 6) is 0. The van der Waals surface area contributed by atoms with E-state index in [2.05, 4.69) is 5.32 Å². The lowest BCUT2D eigenvalue weighted by atomic mass is 9.86. The lowest BCUT2D eigenvalue weighted by molar-refractivity contribution is -0.273. The summed E-state index contributed by atoms with van der Waals surface area (Å²) in [4.78, 5) is 10.9. The molecule has 0 spiro atoms. The second-order valence-corrected chi connectivity index (χ2v) is 12.2. The Bertz CT molecular complexity index is 867. The largest absolute Gasteiger partial charge is 0.394 e. The topological polar surface area (TPSA) is 347 Å². The number of aliphatic hydroxyl groups excluding tert-OH is 7. The number of rotatable bonds is 11. The first kappa shape index (κ1) is 42.0. The lowest BCUT2D eigenvalue weighted by Crippen LogP contribution is -2.62. The van der Waals surface area contributed by atoms with Crippen LogP contribution < -0.4 is 34.0 Å². The number of hydrogen-bond donors (Lipinski definition) is 13. The minimum atomic E-state index is -1.27. The van der Waals surface area contributed by atoms with Crippen molar-refractivity contribution in [3.63, 3.8) is 0 Å². The maximum absolute atomic E-state index is 10.9. The molecule has 4 fully saturated rings. The Hall–Kier alpha value is -1.21. The molecule has 9 unspecified atom stereocenters. The fraction of sp³-hybridized carbons (Fsp3) is 0.964. The Morgan fingerprint density at radius 3 is 2.04 bits per heavy atom. The van der Waals surface area contributed by atoms with Gasteiger partial charge in [-0.2, -0.15) is 0 Å². The minimum absolute atomic E-state index is 0.0298. The summed E-state index contributed by atoms with van der Waals surface area (Å²) in [5.41, 5.74) is 27.5. The van der Waals surface area contributed by atoms with E-state index in [1.54, 1.807) is 0 Å². The highest BCUT2D eigenvalue weighted by atomic mass is 16.7. The third-order valence-electron chi connectivity index (χ3n) is 8.56. The monoisotopic (exact) mass is 686 g/mol. The molecule has 3 aliphatic heterocycles. The molecule has 4 rings (SSSR count). The molecule has 0 bridgehead atoms. The summed E-state index contributed by atoms with van der Waals surface area (Å²) in [6.07, 6.45) is -4.66. The van der Waals surface area contributed by atoms with Crippen molar-refractivity contribution in [1.82, 2.24) is 5.32 Å². The van der Waals surface area contributed by atoms with E-state index >= 15 is 0 Å². The van der Waals surface area contributed by atoms with Gasteiger partial charge in [-0.3, -0.25) is 4.79 Å². The van der Waals surface area contributed by atoms with E-state index in [0.717, 1.165) is 6.42 Å². The van der Waals surface area contributed by atoms with Crippen LogP contribution in [0, 0.1) is 0 Å². The molecule has 3 heterocycles. The molecule has 19 heteroatoms. The second kappa shape index (κ2) is 21.1. The van der Waals surface area contributed by atoms with Crippen molar-refractivity contribution in [3.8, 4) is 0 Å². The Kier molecular flexibility index (Phi) is 18.8. The average Bonchev–Trinajstić information content (AvgIpc) is 3.52. The predicted molar refractivity (Wildman–Crippen MR) is 165 cm³/mol. The molecular weight excluding hydrogens is 628 g/mol. The molecule has 3 saturated heterocycles. The fourth-order valence-corrected chi connectivity index (χ4v) is 5.60. The summed E-state index contributed by atoms with van der Waals surface area (Å²) in [6.45, 7) is 1.82. The van der Waals surface area contributed by atoms with Crippen LogP contribution in [0.4, 0.5) is 0 Å². The van der Waals surface area contributed by atoms with Crippen LogP contribution in [0.25, 0.3) is 0 Å². The molecule has 4 aliphatic rings. The quantitative estimate of drug-likeness (QED) is 0.0899. The van der Waals surface area contributed by atoms with Crippen molar-refractivity contribution in [3.05, 3.63) is 0 Å². The van der Waals surface area contributed by atoms with Gasteiger partial charge in [0.1, 0.15) is 24.4 Å². The van der Waals surface area contributed by atoms with Gasteiger partial charge in [-0.25, -0.2) is 0 Å². The number of amides is 1. The van der Waals surface area contributed by atoms with Crippen molar-refractivity contribution in [1.29, 1.82) is 0 Å². The van der Waals surface area contributed by atoms with Gasteiger partial charge in [-0.05, 0) is 32.6 Å². The fourth-order valence-electron chi connectivity index (χ4n) is 5.60. The highest BCUT2D eigenvalue weighted by molar-refractivity contribution is 5.46. The molecule has 1 saturated carbocycles. The number of hydrogen-bond acceptors (Lipinski definition) is 18. The Morgan fingerprint density at radius 1 is 0.872 bits per heavy atom. The smallest absolute Gasteiger partial charge is 0.207 e.